The fourth-order valence-corrected chi connectivity index (χ4v) is 5.52. The van der Waals surface area contributed by atoms with Crippen LogP contribution in [0, 0.1) is 12.7 Å². The maximum Gasteiger partial charge on any atom is 0.264 e. The second kappa shape index (κ2) is 12.3. The quantitative estimate of drug-likeness (QED) is 0.373. The van der Waals surface area contributed by atoms with Gasteiger partial charge in [-0.2, -0.15) is 0 Å². The van der Waals surface area contributed by atoms with E-state index in [0.717, 1.165) is 14.3 Å². The number of carbonyl (C=O) groups is 2. The third kappa shape index (κ3) is 6.95. The molecule has 1 atom stereocenters. The van der Waals surface area contributed by atoms with E-state index < -0.39 is 34.3 Å². The molecule has 0 fully saturated rings. The van der Waals surface area contributed by atoms with Crippen molar-refractivity contribution in [3.8, 4) is 0 Å². The molecule has 196 valence electrons. The molecule has 0 radical (unpaired) electrons. The average molecular weight is 591 g/mol. The maximum absolute atomic E-state index is 13.8. The SMILES string of the molecule is CC[C@@H](C(=O)NC)N(Cc1ccc(F)cc1)C(=O)CN(c1ccc(Br)cc1)S(=O)(=O)c1ccc(C)cc1. The summed E-state index contributed by atoms with van der Waals surface area (Å²) in [6.45, 7) is 3.08. The lowest BCUT2D eigenvalue weighted by molar-refractivity contribution is -0.140. The third-order valence-electron chi connectivity index (χ3n) is 5.90. The van der Waals surface area contributed by atoms with Crippen molar-refractivity contribution in [1.82, 2.24) is 10.2 Å². The van der Waals surface area contributed by atoms with E-state index in [1.54, 1.807) is 43.3 Å². The van der Waals surface area contributed by atoms with Crippen molar-refractivity contribution in [1.29, 1.82) is 0 Å². The summed E-state index contributed by atoms with van der Waals surface area (Å²) in [7, 11) is -2.65. The number of likely N-dealkylation sites (N-methyl/N-ethyl adjacent to an activating group) is 1. The fraction of sp³-hybridized carbons (Fsp3) is 0.259. The van der Waals surface area contributed by atoms with Crippen LogP contribution in [0.1, 0.15) is 24.5 Å². The molecule has 7 nitrogen and oxygen atoms in total. The lowest BCUT2D eigenvalue weighted by Gasteiger charge is -2.33. The number of hydrogen-bond donors (Lipinski definition) is 1. The summed E-state index contributed by atoms with van der Waals surface area (Å²) in [6.07, 6.45) is 0.301. The van der Waals surface area contributed by atoms with E-state index in [0.29, 0.717) is 17.7 Å². The summed E-state index contributed by atoms with van der Waals surface area (Å²) in [5.74, 6) is -1.38. The van der Waals surface area contributed by atoms with Gasteiger partial charge in [-0.05, 0) is 67.4 Å². The maximum atomic E-state index is 13.8. The third-order valence-corrected chi connectivity index (χ3v) is 8.22. The van der Waals surface area contributed by atoms with Gasteiger partial charge in [-0.15, -0.1) is 0 Å². The first kappa shape index (κ1) is 28.3. The van der Waals surface area contributed by atoms with Crippen LogP contribution in [-0.4, -0.2) is 44.8 Å². The van der Waals surface area contributed by atoms with Gasteiger partial charge in [0.2, 0.25) is 11.8 Å². The largest absolute Gasteiger partial charge is 0.357 e. The molecule has 0 spiro atoms. The van der Waals surface area contributed by atoms with Gasteiger partial charge in [-0.25, -0.2) is 12.8 Å². The molecular weight excluding hydrogens is 561 g/mol. The molecule has 0 aliphatic carbocycles. The van der Waals surface area contributed by atoms with Gasteiger partial charge < -0.3 is 10.2 Å². The van der Waals surface area contributed by atoms with Gasteiger partial charge in [-0.3, -0.25) is 13.9 Å². The minimum Gasteiger partial charge on any atom is -0.357 e. The van der Waals surface area contributed by atoms with Gasteiger partial charge in [0.1, 0.15) is 18.4 Å². The monoisotopic (exact) mass is 589 g/mol. The molecule has 0 aromatic heterocycles. The van der Waals surface area contributed by atoms with Gasteiger partial charge in [0, 0.05) is 18.1 Å². The lowest BCUT2D eigenvalue weighted by Crippen LogP contribution is -2.51. The number of carbonyl (C=O) groups excluding carboxylic acids is 2. The Bertz CT molecular complexity index is 1330. The molecule has 0 unspecified atom stereocenters. The molecule has 3 aromatic carbocycles. The number of halogens is 2. The van der Waals surface area contributed by atoms with E-state index in [9.17, 15) is 22.4 Å². The smallest absolute Gasteiger partial charge is 0.264 e. The molecule has 3 rings (SSSR count). The summed E-state index contributed by atoms with van der Waals surface area (Å²) < 4.78 is 42.7. The zero-order valence-electron chi connectivity index (χ0n) is 20.8. The zero-order chi connectivity index (χ0) is 27.2. The van der Waals surface area contributed by atoms with Crippen LogP contribution in [0.25, 0.3) is 0 Å². The first-order chi connectivity index (χ1) is 17.6. The normalized spacial score (nSPS) is 12.0. The summed E-state index contributed by atoms with van der Waals surface area (Å²) in [5, 5.41) is 2.57. The van der Waals surface area contributed by atoms with Crippen molar-refractivity contribution < 1.29 is 22.4 Å². The molecule has 0 aliphatic rings. The number of benzene rings is 3. The number of nitrogens with one attached hydrogen (secondary N) is 1. The highest BCUT2D eigenvalue weighted by Crippen LogP contribution is 2.26. The molecule has 0 heterocycles. The molecule has 2 amide bonds. The van der Waals surface area contributed by atoms with Gasteiger partial charge in [-0.1, -0.05) is 52.7 Å². The molecule has 0 saturated carbocycles. The number of aryl methyl sites for hydroxylation is 1. The van der Waals surface area contributed by atoms with E-state index in [-0.39, 0.29) is 17.3 Å². The van der Waals surface area contributed by atoms with Crippen LogP contribution in [0.2, 0.25) is 0 Å². The van der Waals surface area contributed by atoms with Crippen molar-refractivity contribution >= 4 is 43.5 Å². The van der Waals surface area contributed by atoms with Crippen LogP contribution in [0.5, 0.6) is 0 Å². The highest BCUT2D eigenvalue weighted by atomic mass is 79.9. The number of rotatable bonds is 10. The van der Waals surface area contributed by atoms with E-state index >= 15 is 0 Å². The zero-order valence-corrected chi connectivity index (χ0v) is 23.2. The summed E-state index contributed by atoms with van der Waals surface area (Å²) in [4.78, 5) is 27.8. The number of nitrogens with zero attached hydrogens (tertiary/aromatic N) is 2. The van der Waals surface area contributed by atoms with Crippen LogP contribution < -0.4 is 9.62 Å². The highest BCUT2D eigenvalue weighted by Gasteiger charge is 2.33. The molecule has 1 N–H and O–H groups in total. The summed E-state index contributed by atoms with van der Waals surface area (Å²) in [5.41, 5.74) is 1.80. The molecular formula is C27H29BrFN3O4S. The van der Waals surface area contributed by atoms with Crippen LogP contribution in [0.4, 0.5) is 10.1 Å². The minimum atomic E-state index is -4.13. The first-order valence-corrected chi connectivity index (χ1v) is 13.9. The molecule has 0 aliphatic heterocycles. The standard InChI is InChI=1S/C27H29BrFN3O4S/c1-4-25(27(34)30-3)31(17-20-7-11-22(29)12-8-20)26(33)18-32(23-13-9-21(28)10-14-23)37(35,36)24-15-5-19(2)6-16-24/h5-16,25H,4,17-18H2,1-3H3,(H,30,34)/t25-/m0/s1. The van der Waals surface area contributed by atoms with Crippen LogP contribution >= 0.6 is 15.9 Å². The van der Waals surface area contributed by atoms with E-state index in [4.69, 9.17) is 0 Å². The van der Waals surface area contributed by atoms with Crippen molar-refractivity contribution in [3.63, 3.8) is 0 Å². The van der Waals surface area contributed by atoms with Crippen molar-refractivity contribution in [2.45, 2.75) is 37.8 Å². The Morgan fingerprint density at radius 1 is 0.973 bits per heavy atom. The fourth-order valence-electron chi connectivity index (χ4n) is 3.85. The predicted molar refractivity (Wildman–Crippen MR) is 145 cm³/mol. The Balaban J connectivity index is 2.04. The van der Waals surface area contributed by atoms with E-state index in [2.05, 4.69) is 21.2 Å². The van der Waals surface area contributed by atoms with Crippen LogP contribution in [0.15, 0.2) is 82.2 Å². The van der Waals surface area contributed by atoms with E-state index in [1.807, 2.05) is 6.92 Å². The van der Waals surface area contributed by atoms with Gasteiger partial charge in [0.25, 0.3) is 10.0 Å². The summed E-state index contributed by atoms with van der Waals surface area (Å²) in [6, 6.07) is 17.7. The number of sulfonamides is 1. The van der Waals surface area contributed by atoms with Crippen LogP contribution in [-0.2, 0) is 26.2 Å². The lowest BCUT2D eigenvalue weighted by atomic mass is 10.1. The van der Waals surface area contributed by atoms with E-state index in [1.165, 1.54) is 48.3 Å². The number of anilines is 1. The Morgan fingerprint density at radius 3 is 2.11 bits per heavy atom. The Labute approximate surface area is 225 Å². The van der Waals surface area contributed by atoms with Gasteiger partial charge in [0.05, 0.1) is 10.6 Å². The van der Waals surface area contributed by atoms with Gasteiger partial charge in [0.15, 0.2) is 0 Å². The summed E-state index contributed by atoms with van der Waals surface area (Å²) >= 11 is 3.35. The van der Waals surface area contributed by atoms with Crippen molar-refractivity contribution in [2.24, 2.45) is 0 Å². The average Bonchev–Trinajstić information content (AvgIpc) is 2.88. The Hall–Kier alpha value is -3.24. The Kier molecular flexibility index (Phi) is 9.45. The van der Waals surface area contributed by atoms with Gasteiger partial charge >= 0.3 is 0 Å². The topological polar surface area (TPSA) is 86.8 Å². The van der Waals surface area contributed by atoms with Crippen LogP contribution in [0.3, 0.4) is 0 Å². The predicted octanol–water partition coefficient (Wildman–Crippen LogP) is 4.65. The van der Waals surface area contributed by atoms with Crippen molar-refractivity contribution in [3.05, 3.63) is 94.2 Å². The molecule has 37 heavy (non-hydrogen) atoms. The number of amides is 2. The molecule has 3 aromatic rings. The second-order valence-corrected chi connectivity index (χ2v) is 11.3. The molecule has 10 heteroatoms. The highest BCUT2D eigenvalue weighted by molar-refractivity contribution is 9.10. The number of hydrogen-bond acceptors (Lipinski definition) is 4. The Morgan fingerprint density at radius 2 is 1.57 bits per heavy atom. The second-order valence-electron chi connectivity index (χ2n) is 8.49. The molecule has 0 saturated heterocycles. The minimum absolute atomic E-state index is 0.00377. The van der Waals surface area contributed by atoms with Crippen molar-refractivity contribution in [2.75, 3.05) is 17.9 Å². The molecule has 0 bridgehead atoms. The first-order valence-electron chi connectivity index (χ1n) is 11.7.